The van der Waals surface area contributed by atoms with Crippen LogP contribution < -0.4 is 9.47 Å². The first-order valence-electron chi connectivity index (χ1n) is 6.62. The summed E-state index contributed by atoms with van der Waals surface area (Å²) in [6, 6.07) is 14.3. The van der Waals surface area contributed by atoms with Crippen molar-refractivity contribution in [1.82, 2.24) is 0 Å². The number of ether oxygens (including phenoxy) is 2. The highest BCUT2D eigenvalue weighted by molar-refractivity contribution is 5.82. The number of aryl methyl sites for hydroxylation is 1. The predicted molar refractivity (Wildman–Crippen MR) is 84.3 cm³/mol. The molecule has 2 rings (SSSR count). The molecule has 0 aliphatic rings. The van der Waals surface area contributed by atoms with Crippen LogP contribution >= 0.6 is 0 Å². The first-order valence-corrected chi connectivity index (χ1v) is 6.62. The molecule has 0 N–H and O–H groups in total. The normalized spacial score (nSPS) is 11.3. The largest absolute Gasteiger partial charge is 0.496 e. The number of benzene rings is 2. The topological polar surface area (TPSA) is 18.5 Å². The van der Waals surface area contributed by atoms with E-state index in [1.54, 1.807) is 14.2 Å². The van der Waals surface area contributed by atoms with Crippen LogP contribution in [0.2, 0.25) is 0 Å². The molecule has 0 aromatic heterocycles. The third kappa shape index (κ3) is 3.02. The van der Waals surface area contributed by atoms with Crippen molar-refractivity contribution in [3.8, 4) is 11.5 Å². The smallest absolute Gasteiger partial charge is 0.126 e. The fraction of sp³-hybridized carbons (Fsp3) is 0.222. The molecule has 2 heteroatoms. The second-order valence-corrected chi connectivity index (χ2v) is 4.76. The molecule has 104 valence electrons. The van der Waals surface area contributed by atoms with Crippen molar-refractivity contribution in [2.75, 3.05) is 14.2 Å². The molecule has 0 saturated carbocycles. The zero-order valence-electron chi connectivity index (χ0n) is 12.4. The number of rotatable bonds is 4. The lowest BCUT2D eigenvalue weighted by Gasteiger charge is -2.11. The van der Waals surface area contributed by atoms with Gasteiger partial charge in [-0.25, -0.2) is 0 Å². The molecule has 0 heterocycles. The number of methoxy groups -OCH3 is 2. The van der Waals surface area contributed by atoms with Crippen LogP contribution in [-0.2, 0) is 0 Å². The minimum absolute atomic E-state index is 0.860. The van der Waals surface area contributed by atoms with Crippen LogP contribution in [0.15, 0.2) is 42.5 Å². The van der Waals surface area contributed by atoms with Gasteiger partial charge in [0.25, 0.3) is 0 Å². The van der Waals surface area contributed by atoms with Gasteiger partial charge in [-0.1, -0.05) is 30.3 Å². The molecule has 0 saturated heterocycles. The van der Waals surface area contributed by atoms with Gasteiger partial charge in [0.1, 0.15) is 11.5 Å². The summed E-state index contributed by atoms with van der Waals surface area (Å²) in [6.07, 6.45) is 2.12. The van der Waals surface area contributed by atoms with Gasteiger partial charge in [0.2, 0.25) is 0 Å². The summed E-state index contributed by atoms with van der Waals surface area (Å²) < 4.78 is 10.8. The van der Waals surface area contributed by atoms with Crippen LogP contribution in [0.25, 0.3) is 11.6 Å². The molecule has 0 atom stereocenters. The third-order valence-corrected chi connectivity index (χ3v) is 3.35. The molecule has 0 unspecified atom stereocenters. The average Bonchev–Trinajstić information content (AvgIpc) is 2.49. The van der Waals surface area contributed by atoms with Crippen molar-refractivity contribution in [2.24, 2.45) is 0 Å². The minimum Gasteiger partial charge on any atom is -0.496 e. The van der Waals surface area contributed by atoms with Gasteiger partial charge < -0.3 is 9.47 Å². The van der Waals surface area contributed by atoms with Gasteiger partial charge in [-0.2, -0.15) is 0 Å². The van der Waals surface area contributed by atoms with Crippen molar-refractivity contribution < 1.29 is 9.47 Å². The van der Waals surface area contributed by atoms with Crippen molar-refractivity contribution in [2.45, 2.75) is 13.8 Å². The van der Waals surface area contributed by atoms with Crippen LogP contribution in [0.3, 0.4) is 0 Å². The van der Waals surface area contributed by atoms with Gasteiger partial charge in [-0.05, 0) is 48.8 Å². The Balaban J connectivity index is 2.47. The average molecular weight is 268 g/mol. The summed E-state index contributed by atoms with van der Waals surface area (Å²) in [6.45, 7) is 4.11. The summed E-state index contributed by atoms with van der Waals surface area (Å²) in [4.78, 5) is 0. The summed E-state index contributed by atoms with van der Waals surface area (Å²) in [5.74, 6) is 1.73. The molecule has 2 aromatic rings. The molecule has 0 aliphatic carbocycles. The van der Waals surface area contributed by atoms with E-state index in [4.69, 9.17) is 9.47 Å². The maximum absolute atomic E-state index is 5.46. The Morgan fingerprint density at radius 3 is 2.20 bits per heavy atom. The Morgan fingerprint density at radius 2 is 1.60 bits per heavy atom. The lowest BCUT2D eigenvalue weighted by atomic mass is 10.0. The zero-order valence-corrected chi connectivity index (χ0v) is 12.4. The van der Waals surface area contributed by atoms with Gasteiger partial charge >= 0.3 is 0 Å². The van der Waals surface area contributed by atoms with E-state index >= 15 is 0 Å². The van der Waals surface area contributed by atoms with Crippen LogP contribution in [-0.4, -0.2) is 14.2 Å². The molecule has 0 fully saturated rings. The highest BCUT2D eigenvalue weighted by Gasteiger charge is 2.07. The van der Waals surface area contributed by atoms with Crippen LogP contribution in [0.4, 0.5) is 0 Å². The number of hydrogen-bond donors (Lipinski definition) is 0. The summed E-state index contributed by atoms with van der Waals surface area (Å²) in [7, 11) is 3.38. The Morgan fingerprint density at radius 1 is 0.950 bits per heavy atom. The lowest BCUT2D eigenvalue weighted by Crippen LogP contribution is -1.93. The highest BCUT2D eigenvalue weighted by Crippen LogP contribution is 2.31. The van der Waals surface area contributed by atoms with Gasteiger partial charge in [-0.15, -0.1) is 0 Å². The molecule has 2 aromatic carbocycles. The highest BCUT2D eigenvalue weighted by atomic mass is 16.5. The summed E-state index contributed by atoms with van der Waals surface area (Å²) in [5, 5.41) is 0. The van der Waals surface area contributed by atoms with E-state index in [0.29, 0.717) is 0 Å². The fourth-order valence-electron chi connectivity index (χ4n) is 2.20. The molecule has 0 amide bonds. The van der Waals surface area contributed by atoms with E-state index in [1.165, 1.54) is 11.1 Å². The molecule has 0 spiro atoms. The van der Waals surface area contributed by atoms with E-state index in [0.717, 1.165) is 22.6 Å². The van der Waals surface area contributed by atoms with Gasteiger partial charge in [0.15, 0.2) is 0 Å². The molecular formula is C18H20O2. The van der Waals surface area contributed by atoms with E-state index in [9.17, 15) is 0 Å². The van der Waals surface area contributed by atoms with E-state index in [-0.39, 0.29) is 0 Å². The van der Waals surface area contributed by atoms with Crippen LogP contribution in [0.1, 0.15) is 23.6 Å². The summed E-state index contributed by atoms with van der Waals surface area (Å²) in [5.41, 5.74) is 4.49. The summed E-state index contributed by atoms with van der Waals surface area (Å²) >= 11 is 0. The fourth-order valence-corrected chi connectivity index (χ4v) is 2.20. The number of hydrogen-bond acceptors (Lipinski definition) is 2. The Kier molecular flexibility index (Phi) is 4.46. The van der Waals surface area contributed by atoms with Gasteiger partial charge in [0.05, 0.1) is 14.2 Å². The lowest BCUT2D eigenvalue weighted by molar-refractivity contribution is 0.400. The standard InChI is InChI=1S/C18H20O2/c1-13(15-8-6-5-7-9-15)10-16-12-17(19-3)14(2)11-18(16)20-4/h5-12H,1-4H3/b13-10+. The van der Waals surface area contributed by atoms with E-state index < -0.39 is 0 Å². The van der Waals surface area contributed by atoms with E-state index in [2.05, 4.69) is 25.1 Å². The van der Waals surface area contributed by atoms with Crippen LogP contribution in [0, 0.1) is 6.92 Å². The maximum atomic E-state index is 5.46. The second kappa shape index (κ2) is 6.29. The second-order valence-electron chi connectivity index (χ2n) is 4.76. The minimum atomic E-state index is 0.860. The molecule has 0 aliphatic heterocycles. The predicted octanol–water partition coefficient (Wildman–Crippen LogP) is 4.57. The number of allylic oxidation sites excluding steroid dienone is 1. The SMILES string of the molecule is COc1cc(/C=C(\C)c2ccccc2)c(OC)cc1C. The van der Waals surface area contributed by atoms with Crippen molar-refractivity contribution >= 4 is 11.6 Å². The molecule has 0 radical (unpaired) electrons. The van der Waals surface area contributed by atoms with Crippen LogP contribution in [0.5, 0.6) is 11.5 Å². The third-order valence-electron chi connectivity index (χ3n) is 3.35. The van der Waals surface area contributed by atoms with E-state index in [1.807, 2.05) is 37.3 Å². The Bertz CT molecular complexity index is 613. The monoisotopic (exact) mass is 268 g/mol. The quantitative estimate of drug-likeness (QED) is 0.756. The van der Waals surface area contributed by atoms with Crippen molar-refractivity contribution in [3.63, 3.8) is 0 Å². The maximum Gasteiger partial charge on any atom is 0.126 e. The van der Waals surface area contributed by atoms with Gasteiger partial charge in [-0.3, -0.25) is 0 Å². The Labute approximate surface area is 120 Å². The first-order chi connectivity index (χ1) is 9.65. The van der Waals surface area contributed by atoms with Crippen molar-refractivity contribution in [3.05, 3.63) is 59.2 Å². The molecular weight excluding hydrogens is 248 g/mol. The molecule has 20 heavy (non-hydrogen) atoms. The molecule has 2 nitrogen and oxygen atoms in total. The molecule has 0 bridgehead atoms. The first kappa shape index (κ1) is 14.2. The van der Waals surface area contributed by atoms with Gasteiger partial charge in [0, 0.05) is 5.56 Å². The zero-order chi connectivity index (χ0) is 14.5. The Hall–Kier alpha value is -2.22. The van der Waals surface area contributed by atoms with Crippen molar-refractivity contribution in [1.29, 1.82) is 0 Å².